The molecule has 0 spiro atoms. The Morgan fingerprint density at radius 3 is 2.52 bits per heavy atom. The summed E-state index contributed by atoms with van der Waals surface area (Å²) in [6, 6.07) is 7.78. The summed E-state index contributed by atoms with van der Waals surface area (Å²) < 4.78 is 5.20. The van der Waals surface area contributed by atoms with Crippen molar-refractivity contribution < 1.29 is 14.6 Å². The van der Waals surface area contributed by atoms with Crippen LogP contribution < -0.4 is 0 Å². The lowest BCUT2D eigenvalue weighted by Crippen LogP contribution is -2.16. The van der Waals surface area contributed by atoms with Gasteiger partial charge in [-0.25, -0.2) is 9.78 Å². The van der Waals surface area contributed by atoms with Crippen LogP contribution in [0, 0.1) is 0 Å². The summed E-state index contributed by atoms with van der Waals surface area (Å²) in [5.74, 6) is -0.923. The van der Waals surface area contributed by atoms with Crippen LogP contribution in [0.3, 0.4) is 0 Å². The SMILES string of the molecule is COCc1ccccc1-c1nc(C(C)(C)C)c(C(=O)O)s1. The number of carbonyl (C=O) groups is 1. The van der Waals surface area contributed by atoms with Gasteiger partial charge < -0.3 is 9.84 Å². The summed E-state index contributed by atoms with van der Waals surface area (Å²) in [4.78, 5) is 16.4. The molecule has 2 aromatic rings. The summed E-state index contributed by atoms with van der Waals surface area (Å²) >= 11 is 1.22. The van der Waals surface area contributed by atoms with Crippen LogP contribution in [0.15, 0.2) is 24.3 Å². The molecule has 1 N–H and O–H groups in total. The summed E-state index contributed by atoms with van der Waals surface area (Å²) in [6.45, 7) is 6.39. The van der Waals surface area contributed by atoms with Crippen LogP contribution in [0.5, 0.6) is 0 Å². The Bertz CT molecular complexity index is 656. The standard InChI is InChI=1S/C16H19NO3S/c1-16(2,3)13-12(15(18)19)21-14(17-13)11-8-6-5-7-10(11)9-20-4/h5-8H,9H2,1-4H3,(H,18,19). The van der Waals surface area contributed by atoms with E-state index in [1.54, 1.807) is 7.11 Å². The normalized spacial score (nSPS) is 11.6. The number of hydrogen-bond donors (Lipinski definition) is 1. The van der Waals surface area contributed by atoms with Gasteiger partial charge in [0.15, 0.2) is 0 Å². The lowest BCUT2D eigenvalue weighted by atomic mass is 9.91. The van der Waals surface area contributed by atoms with Gasteiger partial charge in [-0.3, -0.25) is 0 Å². The van der Waals surface area contributed by atoms with E-state index in [0.29, 0.717) is 17.2 Å². The van der Waals surface area contributed by atoms with Gasteiger partial charge in [-0.15, -0.1) is 11.3 Å². The highest BCUT2D eigenvalue weighted by atomic mass is 32.1. The Kier molecular flexibility index (Phi) is 4.44. The fourth-order valence-corrected chi connectivity index (χ4v) is 3.27. The number of rotatable bonds is 4. The number of methoxy groups -OCH3 is 1. The van der Waals surface area contributed by atoms with E-state index >= 15 is 0 Å². The molecule has 5 heteroatoms. The molecule has 0 fully saturated rings. The maximum Gasteiger partial charge on any atom is 0.347 e. The highest BCUT2D eigenvalue weighted by Crippen LogP contribution is 2.35. The molecule has 1 aromatic carbocycles. The minimum absolute atomic E-state index is 0.307. The van der Waals surface area contributed by atoms with Crippen molar-refractivity contribution >= 4 is 17.3 Å². The number of nitrogens with zero attached hydrogens (tertiary/aromatic N) is 1. The smallest absolute Gasteiger partial charge is 0.347 e. The Labute approximate surface area is 128 Å². The summed E-state index contributed by atoms with van der Waals surface area (Å²) in [6.07, 6.45) is 0. The van der Waals surface area contributed by atoms with E-state index in [-0.39, 0.29) is 5.41 Å². The van der Waals surface area contributed by atoms with Crippen LogP contribution in [0.1, 0.15) is 41.7 Å². The third-order valence-corrected chi connectivity index (χ3v) is 4.16. The maximum absolute atomic E-state index is 11.5. The molecule has 0 aliphatic rings. The van der Waals surface area contributed by atoms with Gasteiger partial charge in [0.1, 0.15) is 9.88 Å². The molecule has 21 heavy (non-hydrogen) atoms. The van der Waals surface area contributed by atoms with Crippen molar-refractivity contribution in [2.75, 3.05) is 7.11 Å². The quantitative estimate of drug-likeness (QED) is 0.929. The first-order valence-electron chi connectivity index (χ1n) is 6.66. The minimum atomic E-state index is -0.923. The highest BCUT2D eigenvalue weighted by molar-refractivity contribution is 7.17. The van der Waals surface area contributed by atoms with E-state index < -0.39 is 5.97 Å². The molecule has 0 aliphatic carbocycles. The Morgan fingerprint density at radius 1 is 1.33 bits per heavy atom. The molecular weight excluding hydrogens is 286 g/mol. The van der Waals surface area contributed by atoms with Crippen LogP contribution in [-0.2, 0) is 16.8 Å². The monoisotopic (exact) mass is 305 g/mol. The number of benzene rings is 1. The lowest BCUT2D eigenvalue weighted by molar-refractivity contribution is 0.0699. The summed E-state index contributed by atoms with van der Waals surface area (Å²) in [5.41, 5.74) is 2.26. The molecule has 1 aromatic heterocycles. The van der Waals surface area contributed by atoms with Gasteiger partial charge in [-0.1, -0.05) is 45.0 Å². The largest absolute Gasteiger partial charge is 0.477 e. The summed E-state index contributed by atoms with van der Waals surface area (Å²) in [7, 11) is 1.64. The van der Waals surface area contributed by atoms with Gasteiger partial charge in [0.05, 0.1) is 12.3 Å². The van der Waals surface area contributed by atoms with Crippen molar-refractivity contribution in [3.05, 3.63) is 40.4 Å². The number of hydrogen-bond acceptors (Lipinski definition) is 4. The van der Waals surface area contributed by atoms with Crippen LogP contribution in [0.25, 0.3) is 10.6 Å². The van der Waals surface area contributed by atoms with E-state index in [9.17, 15) is 9.90 Å². The maximum atomic E-state index is 11.5. The van der Waals surface area contributed by atoms with Crippen molar-refractivity contribution in [2.24, 2.45) is 0 Å². The van der Waals surface area contributed by atoms with Crippen LogP contribution in [0.4, 0.5) is 0 Å². The third kappa shape index (κ3) is 3.31. The van der Waals surface area contributed by atoms with Crippen molar-refractivity contribution in [2.45, 2.75) is 32.8 Å². The van der Waals surface area contributed by atoms with Gasteiger partial charge in [0.25, 0.3) is 0 Å². The molecular formula is C16H19NO3S. The zero-order valence-corrected chi connectivity index (χ0v) is 13.5. The number of carboxylic acid groups (broad SMARTS) is 1. The molecule has 0 saturated heterocycles. The van der Waals surface area contributed by atoms with Crippen LogP contribution >= 0.6 is 11.3 Å². The molecule has 2 rings (SSSR count). The minimum Gasteiger partial charge on any atom is -0.477 e. The van der Waals surface area contributed by atoms with Gasteiger partial charge >= 0.3 is 5.97 Å². The first-order valence-corrected chi connectivity index (χ1v) is 7.48. The molecule has 0 unspecified atom stereocenters. The van der Waals surface area contributed by atoms with Crippen molar-refractivity contribution in [1.82, 2.24) is 4.98 Å². The van der Waals surface area contributed by atoms with Crippen LogP contribution in [-0.4, -0.2) is 23.2 Å². The predicted octanol–water partition coefficient (Wildman–Crippen LogP) is 3.95. The average Bonchev–Trinajstić information content (AvgIpc) is 2.85. The molecule has 112 valence electrons. The highest BCUT2D eigenvalue weighted by Gasteiger charge is 2.27. The Morgan fingerprint density at radius 2 is 2.00 bits per heavy atom. The lowest BCUT2D eigenvalue weighted by Gasteiger charge is -2.16. The Hall–Kier alpha value is -1.72. The second kappa shape index (κ2) is 5.95. The second-order valence-electron chi connectivity index (χ2n) is 5.84. The zero-order chi connectivity index (χ0) is 15.6. The molecule has 4 nitrogen and oxygen atoms in total. The molecule has 1 heterocycles. The number of carboxylic acids is 1. The molecule has 0 radical (unpaired) electrons. The fourth-order valence-electron chi connectivity index (χ4n) is 2.10. The molecule has 0 saturated carbocycles. The van der Waals surface area contributed by atoms with Gasteiger partial charge in [0.2, 0.25) is 0 Å². The molecule has 0 bridgehead atoms. The average molecular weight is 305 g/mol. The van der Waals surface area contributed by atoms with Crippen molar-refractivity contribution in [1.29, 1.82) is 0 Å². The van der Waals surface area contributed by atoms with E-state index in [1.165, 1.54) is 11.3 Å². The first kappa shape index (κ1) is 15.7. The Balaban J connectivity index is 2.58. The topological polar surface area (TPSA) is 59.4 Å². The van der Waals surface area contributed by atoms with Gasteiger partial charge in [0, 0.05) is 18.1 Å². The molecule has 0 atom stereocenters. The van der Waals surface area contributed by atoms with E-state index in [2.05, 4.69) is 4.98 Å². The predicted molar refractivity (Wildman–Crippen MR) is 83.9 cm³/mol. The van der Waals surface area contributed by atoms with Crippen molar-refractivity contribution in [3.8, 4) is 10.6 Å². The van der Waals surface area contributed by atoms with Gasteiger partial charge in [-0.05, 0) is 5.56 Å². The van der Waals surface area contributed by atoms with Gasteiger partial charge in [-0.2, -0.15) is 0 Å². The zero-order valence-electron chi connectivity index (χ0n) is 12.6. The summed E-state index contributed by atoms with van der Waals surface area (Å²) in [5, 5.41) is 10.1. The third-order valence-electron chi connectivity index (χ3n) is 3.08. The molecule has 0 aliphatic heterocycles. The van der Waals surface area contributed by atoms with E-state index in [4.69, 9.17) is 4.74 Å². The van der Waals surface area contributed by atoms with Crippen molar-refractivity contribution in [3.63, 3.8) is 0 Å². The second-order valence-corrected chi connectivity index (χ2v) is 6.84. The molecule has 0 amide bonds. The number of ether oxygens (including phenoxy) is 1. The number of aromatic nitrogens is 1. The van der Waals surface area contributed by atoms with Crippen LogP contribution in [0.2, 0.25) is 0 Å². The van der Waals surface area contributed by atoms with E-state index in [1.807, 2.05) is 45.0 Å². The fraction of sp³-hybridized carbons (Fsp3) is 0.375. The number of aromatic carboxylic acids is 1. The first-order chi connectivity index (χ1) is 9.84. The van der Waals surface area contributed by atoms with E-state index in [0.717, 1.165) is 16.1 Å². The number of thiazole rings is 1.